The molecule has 0 bridgehead atoms. The van der Waals surface area contributed by atoms with Gasteiger partial charge in [-0.3, -0.25) is 4.79 Å². The van der Waals surface area contributed by atoms with Crippen LogP contribution in [0.2, 0.25) is 0 Å². The van der Waals surface area contributed by atoms with E-state index < -0.39 is 5.91 Å². The van der Waals surface area contributed by atoms with Crippen molar-refractivity contribution in [3.05, 3.63) is 53.7 Å². The summed E-state index contributed by atoms with van der Waals surface area (Å²) >= 11 is 0. The molecule has 5 heteroatoms. The highest BCUT2D eigenvalue weighted by molar-refractivity contribution is 6.09. The Kier molecular flexibility index (Phi) is 2.85. The number of fused-ring (bicyclic) bond motifs is 1. The first-order chi connectivity index (χ1) is 10.1. The number of benzene rings is 2. The summed E-state index contributed by atoms with van der Waals surface area (Å²) in [7, 11) is 0. The molecule has 0 unspecified atom stereocenters. The number of nitrogens with two attached hydrogens (primary N) is 2. The third-order valence-corrected chi connectivity index (χ3v) is 3.47. The molecule has 0 aliphatic carbocycles. The third-order valence-electron chi connectivity index (χ3n) is 3.47. The van der Waals surface area contributed by atoms with Gasteiger partial charge in [0.1, 0.15) is 6.07 Å². The lowest BCUT2D eigenvalue weighted by molar-refractivity contribution is 0.100. The maximum Gasteiger partial charge on any atom is 0.250 e. The molecule has 3 rings (SSSR count). The molecule has 0 aliphatic heterocycles. The highest BCUT2D eigenvalue weighted by Crippen LogP contribution is 2.31. The molecule has 0 spiro atoms. The molecule has 0 atom stereocenters. The van der Waals surface area contributed by atoms with Gasteiger partial charge in [0, 0.05) is 11.6 Å². The van der Waals surface area contributed by atoms with E-state index in [9.17, 15) is 4.79 Å². The summed E-state index contributed by atoms with van der Waals surface area (Å²) in [4.78, 5) is 14.5. The number of anilines is 1. The molecule has 0 aliphatic rings. The number of carbonyl (C=O) groups is 1. The minimum Gasteiger partial charge on any atom is -0.398 e. The number of carbonyl (C=O) groups excluding carboxylic acids is 1. The third kappa shape index (κ3) is 1.99. The van der Waals surface area contributed by atoms with Gasteiger partial charge in [-0.2, -0.15) is 5.26 Å². The number of amides is 1. The summed E-state index contributed by atoms with van der Waals surface area (Å²) in [5.74, 6) is -0.478. The van der Waals surface area contributed by atoms with Crippen molar-refractivity contribution in [3.63, 3.8) is 0 Å². The van der Waals surface area contributed by atoms with Crippen LogP contribution in [-0.2, 0) is 0 Å². The Labute approximate surface area is 120 Å². The van der Waals surface area contributed by atoms with E-state index in [0.29, 0.717) is 22.3 Å². The molecular formula is C16H12N4O. The summed E-state index contributed by atoms with van der Waals surface area (Å²) < 4.78 is 0. The van der Waals surface area contributed by atoms with Crippen molar-refractivity contribution in [1.82, 2.24) is 4.98 Å². The highest BCUT2D eigenvalue weighted by Gasteiger charge is 2.12. The van der Waals surface area contributed by atoms with Crippen LogP contribution >= 0.6 is 0 Å². The van der Waals surface area contributed by atoms with Gasteiger partial charge >= 0.3 is 0 Å². The van der Waals surface area contributed by atoms with Gasteiger partial charge in [0.2, 0.25) is 0 Å². The number of primary amides is 1. The van der Waals surface area contributed by atoms with Crippen molar-refractivity contribution >= 4 is 22.5 Å². The van der Waals surface area contributed by atoms with Crippen LogP contribution in [0.3, 0.4) is 0 Å². The predicted molar refractivity (Wildman–Crippen MR) is 81.4 cm³/mol. The smallest absolute Gasteiger partial charge is 0.250 e. The molecule has 3 aromatic rings. The molecule has 0 radical (unpaired) electrons. The Morgan fingerprint density at radius 1 is 1.19 bits per heavy atom. The second-order valence-electron chi connectivity index (χ2n) is 4.71. The molecule has 2 aromatic carbocycles. The first kappa shape index (κ1) is 12.8. The zero-order chi connectivity index (χ0) is 15.0. The van der Waals surface area contributed by atoms with E-state index in [1.807, 2.05) is 24.3 Å². The Morgan fingerprint density at radius 2 is 2.00 bits per heavy atom. The van der Waals surface area contributed by atoms with Gasteiger partial charge in [-0.1, -0.05) is 12.1 Å². The molecule has 0 fully saturated rings. The maximum absolute atomic E-state index is 11.4. The van der Waals surface area contributed by atoms with E-state index in [2.05, 4.69) is 4.98 Å². The fraction of sp³-hybridized carbons (Fsp3) is 0. The molecule has 0 saturated heterocycles. The molecule has 21 heavy (non-hydrogen) atoms. The number of H-pyrrole nitrogens is 1. The molecular weight excluding hydrogens is 264 g/mol. The van der Waals surface area contributed by atoms with Crippen LogP contribution in [0.25, 0.3) is 22.0 Å². The molecule has 102 valence electrons. The minimum atomic E-state index is -0.478. The number of rotatable bonds is 2. The van der Waals surface area contributed by atoms with Crippen LogP contribution in [0.4, 0.5) is 5.69 Å². The van der Waals surface area contributed by atoms with Crippen molar-refractivity contribution < 1.29 is 4.79 Å². The second-order valence-corrected chi connectivity index (χ2v) is 4.71. The van der Waals surface area contributed by atoms with Gasteiger partial charge in [-0.25, -0.2) is 0 Å². The number of nitrogens with one attached hydrogen (secondary N) is 1. The first-order valence-electron chi connectivity index (χ1n) is 6.31. The fourth-order valence-electron chi connectivity index (χ4n) is 2.45. The standard InChI is InChI=1S/C16H12N4O/c17-8-10-2-1-9(7-14(10)18)11-3-4-13(16(19)21)15-12(11)5-6-20-15/h1-7,20H,18H2,(H2,19,21). The van der Waals surface area contributed by atoms with Gasteiger partial charge < -0.3 is 16.5 Å². The lowest BCUT2D eigenvalue weighted by Gasteiger charge is -2.08. The van der Waals surface area contributed by atoms with Crippen LogP contribution < -0.4 is 11.5 Å². The quantitative estimate of drug-likeness (QED) is 0.625. The summed E-state index contributed by atoms with van der Waals surface area (Å²) in [5, 5.41) is 9.81. The SMILES string of the molecule is N#Cc1ccc(-c2ccc(C(N)=O)c3[nH]ccc23)cc1N. The number of nitrogens with zero attached hydrogens (tertiary/aromatic N) is 1. The van der Waals surface area contributed by atoms with Gasteiger partial charge in [0.05, 0.1) is 22.3 Å². The normalized spacial score (nSPS) is 10.4. The highest BCUT2D eigenvalue weighted by atomic mass is 16.1. The van der Waals surface area contributed by atoms with Crippen LogP contribution in [0.15, 0.2) is 42.6 Å². The van der Waals surface area contributed by atoms with Gasteiger partial charge in [-0.05, 0) is 35.4 Å². The molecule has 1 heterocycles. The average Bonchev–Trinajstić information content (AvgIpc) is 2.95. The van der Waals surface area contributed by atoms with E-state index in [1.54, 1.807) is 24.4 Å². The van der Waals surface area contributed by atoms with Crippen LogP contribution in [0.5, 0.6) is 0 Å². The Morgan fingerprint density at radius 3 is 2.67 bits per heavy atom. The summed E-state index contributed by atoms with van der Waals surface area (Å²) in [6.45, 7) is 0. The van der Waals surface area contributed by atoms with Crippen LogP contribution in [-0.4, -0.2) is 10.9 Å². The Hall–Kier alpha value is -3.26. The maximum atomic E-state index is 11.4. The number of nitriles is 1. The van der Waals surface area contributed by atoms with Crippen LogP contribution in [0, 0.1) is 11.3 Å². The van der Waals surface area contributed by atoms with Crippen molar-refractivity contribution in [1.29, 1.82) is 5.26 Å². The van der Waals surface area contributed by atoms with Crippen molar-refractivity contribution in [2.24, 2.45) is 5.73 Å². The van der Waals surface area contributed by atoms with E-state index in [4.69, 9.17) is 16.7 Å². The number of aromatic nitrogens is 1. The van der Waals surface area contributed by atoms with E-state index in [-0.39, 0.29) is 0 Å². The summed E-state index contributed by atoms with van der Waals surface area (Å²) in [6.07, 6.45) is 1.76. The second kappa shape index (κ2) is 4.69. The number of hydrogen-bond donors (Lipinski definition) is 3. The van der Waals surface area contributed by atoms with Crippen LogP contribution in [0.1, 0.15) is 15.9 Å². The number of nitrogen functional groups attached to an aromatic ring is 1. The monoisotopic (exact) mass is 276 g/mol. The topological polar surface area (TPSA) is 109 Å². The van der Waals surface area contributed by atoms with Gasteiger partial charge in [0.25, 0.3) is 5.91 Å². The molecule has 5 N–H and O–H groups in total. The Balaban J connectivity index is 2.25. The average molecular weight is 276 g/mol. The van der Waals surface area contributed by atoms with Crippen molar-refractivity contribution in [3.8, 4) is 17.2 Å². The fourth-order valence-corrected chi connectivity index (χ4v) is 2.45. The number of hydrogen-bond acceptors (Lipinski definition) is 3. The van der Waals surface area contributed by atoms with Crippen molar-refractivity contribution in [2.45, 2.75) is 0 Å². The zero-order valence-electron chi connectivity index (χ0n) is 11.1. The molecule has 1 aromatic heterocycles. The first-order valence-corrected chi connectivity index (χ1v) is 6.31. The number of aromatic amines is 1. The van der Waals surface area contributed by atoms with E-state index >= 15 is 0 Å². The molecule has 5 nitrogen and oxygen atoms in total. The summed E-state index contributed by atoms with van der Waals surface area (Å²) in [6, 6.07) is 12.7. The van der Waals surface area contributed by atoms with Crippen molar-refractivity contribution in [2.75, 3.05) is 5.73 Å². The van der Waals surface area contributed by atoms with Gasteiger partial charge in [-0.15, -0.1) is 0 Å². The minimum absolute atomic E-state index is 0.428. The lowest BCUT2D eigenvalue weighted by atomic mass is 9.97. The summed E-state index contributed by atoms with van der Waals surface area (Å²) in [5.41, 5.74) is 15.1. The lowest BCUT2D eigenvalue weighted by Crippen LogP contribution is -2.11. The molecule has 0 saturated carbocycles. The largest absolute Gasteiger partial charge is 0.398 e. The Bertz CT molecular complexity index is 902. The van der Waals surface area contributed by atoms with Gasteiger partial charge in [0.15, 0.2) is 0 Å². The van der Waals surface area contributed by atoms with E-state index in [0.717, 1.165) is 16.5 Å². The molecule has 1 amide bonds. The van der Waals surface area contributed by atoms with E-state index in [1.165, 1.54) is 0 Å². The predicted octanol–water partition coefficient (Wildman–Crippen LogP) is 2.39. The zero-order valence-corrected chi connectivity index (χ0v) is 11.1.